The van der Waals surface area contributed by atoms with Gasteiger partial charge in [-0.25, -0.2) is 4.79 Å². The molecule has 98 valence electrons. The summed E-state index contributed by atoms with van der Waals surface area (Å²) in [5.74, 6) is -1.25. The Balaban J connectivity index is 2.76. The van der Waals surface area contributed by atoms with Crippen molar-refractivity contribution in [2.45, 2.75) is 26.3 Å². The van der Waals surface area contributed by atoms with E-state index in [1.807, 2.05) is 13.8 Å². The van der Waals surface area contributed by atoms with Crippen LogP contribution in [0.25, 0.3) is 0 Å². The lowest BCUT2D eigenvalue weighted by atomic mass is 9.99. The number of hydrogen-bond acceptors (Lipinski definition) is 3. The molecular formula is C13H18N2O3. The third-order valence-electron chi connectivity index (χ3n) is 2.94. The molecule has 0 saturated heterocycles. The van der Waals surface area contributed by atoms with E-state index < -0.39 is 12.0 Å². The van der Waals surface area contributed by atoms with Gasteiger partial charge in [0, 0.05) is 5.69 Å². The Labute approximate surface area is 106 Å². The Morgan fingerprint density at radius 2 is 2.11 bits per heavy atom. The highest BCUT2D eigenvalue weighted by atomic mass is 16.4. The minimum Gasteiger partial charge on any atom is -0.478 e. The molecule has 0 spiro atoms. The van der Waals surface area contributed by atoms with Crippen LogP contribution in [0.4, 0.5) is 5.69 Å². The number of carbonyl (C=O) groups is 2. The molecule has 0 bridgehead atoms. The molecule has 0 aliphatic heterocycles. The van der Waals surface area contributed by atoms with Gasteiger partial charge in [-0.1, -0.05) is 26.3 Å². The Hall–Kier alpha value is -1.88. The molecule has 0 fully saturated rings. The van der Waals surface area contributed by atoms with E-state index in [-0.39, 0.29) is 17.4 Å². The van der Waals surface area contributed by atoms with Crippen LogP contribution in [0.2, 0.25) is 0 Å². The summed E-state index contributed by atoms with van der Waals surface area (Å²) < 4.78 is 0. The topological polar surface area (TPSA) is 92.4 Å². The van der Waals surface area contributed by atoms with Crippen LogP contribution >= 0.6 is 0 Å². The van der Waals surface area contributed by atoms with Gasteiger partial charge < -0.3 is 16.2 Å². The highest BCUT2D eigenvalue weighted by Gasteiger charge is 2.19. The number of anilines is 1. The van der Waals surface area contributed by atoms with Crippen molar-refractivity contribution in [1.82, 2.24) is 0 Å². The normalized spacial score (nSPS) is 13.7. The number of amides is 1. The number of rotatable bonds is 5. The Bertz CT molecular complexity index is 446. The van der Waals surface area contributed by atoms with Crippen LogP contribution in [0.15, 0.2) is 24.3 Å². The number of carbonyl (C=O) groups excluding carboxylic acids is 1. The van der Waals surface area contributed by atoms with Crippen LogP contribution in [0, 0.1) is 5.92 Å². The number of aromatic carboxylic acids is 1. The number of hydrogen-bond donors (Lipinski definition) is 3. The molecule has 0 aliphatic carbocycles. The number of nitrogens with two attached hydrogens (primary N) is 1. The summed E-state index contributed by atoms with van der Waals surface area (Å²) >= 11 is 0. The maximum Gasteiger partial charge on any atom is 0.335 e. The Morgan fingerprint density at radius 3 is 2.67 bits per heavy atom. The Morgan fingerprint density at radius 1 is 1.44 bits per heavy atom. The molecular weight excluding hydrogens is 232 g/mol. The quantitative estimate of drug-likeness (QED) is 0.741. The summed E-state index contributed by atoms with van der Waals surface area (Å²) in [6, 6.07) is 5.49. The van der Waals surface area contributed by atoms with Crippen LogP contribution in [-0.4, -0.2) is 23.0 Å². The van der Waals surface area contributed by atoms with E-state index in [0.717, 1.165) is 6.42 Å². The van der Waals surface area contributed by atoms with Gasteiger partial charge in [0.15, 0.2) is 0 Å². The minimum atomic E-state index is -1.03. The summed E-state index contributed by atoms with van der Waals surface area (Å²) in [6.07, 6.45) is 0.809. The van der Waals surface area contributed by atoms with E-state index in [4.69, 9.17) is 10.8 Å². The highest BCUT2D eigenvalue weighted by molar-refractivity contribution is 5.96. The molecule has 2 atom stereocenters. The zero-order valence-corrected chi connectivity index (χ0v) is 10.5. The van der Waals surface area contributed by atoms with Gasteiger partial charge in [0.05, 0.1) is 11.6 Å². The smallest absolute Gasteiger partial charge is 0.335 e. The molecule has 0 heterocycles. The van der Waals surface area contributed by atoms with Crippen molar-refractivity contribution in [3.63, 3.8) is 0 Å². The van der Waals surface area contributed by atoms with Crippen LogP contribution < -0.4 is 11.1 Å². The van der Waals surface area contributed by atoms with E-state index >= 15 is 0 Å². The molecule has 1 aromatic carbocycles. The zero-order valence-electron chi connectivity index (χ0n) is 10.5. The first-order valence-corrected chi connectivity index (χ1v) is 5.85. The van der Waals surface area contributed by atoms with E-state index in [0.29, 0.717) is 5.69 Å². The summed E-state index contributed by atoms with van der Waals surface area (Å²) in [5, 5.41) is 11.5. The van der Waals surface area contributed by atoms with Gasteiger partial charge in [-0.05, 0) is 24.1 Å². The fourth-order valence-corrected chi connectivity index (χ4v) is 1.47. The SMILES string of the molecule is CC[C@H](C)[C@H](N)C(=O)Nc1cccc(C(=O)O)c1. The molecule has 0 unspecified atom stereocenters. The molecule has 0 aromatic heterocycles. The molecule has 18 heavy (non-hydrogen) atoms. The van der Waals surface area contributed by atoms with E-state index in [2.05, 4.69) is 5.32 Å². The number of carboxylic acid groups (broad SMARTS) is 1. The number of nitrogens with one attached hydrogen (secondary N) is 1. The van der Waals surface area contributed by atoms with Crippen LogP contribution in [-0.2, 0) is 4.79 Å². The summed E-state index contributed by atoms with van der Waals surface area (Å²) in [7, 11) is 0. The first-order chi connectivity index (χ1) is 8.45. The maximum absolute atomic E-state index is 11.8. The summed E-state index contributed by atoms with van der Waals surface area (Å²) in [4.78, 5) is 22.6. The van der Waals surface area contributed by atoms with E-state index in [1.165, 1.54) is 12.1 Å². The second-order valence-corrected chi connectivity index (χ2v) is 4.29. The third kappa shape index (κ3) is 3.56. The summed E-state index contributed by atoms with van der Waals surface area (Å²) in [6.45, 7) is 3.86. The first kappa shape index (κ1) is 14.2. The molecule has 1 rings (SSSR count). The maximum atomic E-state index is 11.8. The predicted molar refractivity (Wildman–Crippen MR) is 69.5 cm³/mol. The van der Waals surface area contributed by atoms with Crippen molar-refractivity contribution < 1.29 is 14.7 Å². The monoisotopic (exact) mass is 250 g/mol. The van der Waals surface area contributed by atoms with Crippen molar-refractivity contribution in [3.8, 4) is 0 Å². The largest absolute Gasteiger partial charge is 0.478 e. The number of benzene rings is 1. The molecule has 0 aliphatic rings. The first-order valence-electron chi connectivity index (χ1n) is 5.85. The van der Waals surface area contributed by atoms with Crippen molar-refractivity contribution in [1.29, 1.82) is 0 Å². The molecule has 1 aromatic rings. The van der Waals surface area contributed by atoms with Gasteiger partial charge in [0.25, 0.3) is 0 Å². The molecule has 0 radical (unpaired) electrons. The van der Waals surface area contributed by atoms with Gasteiger partial charge >= 0.3 is 5.97 Å². The molecule has 1 amide bonds. The summed E-state index contributed by atoms with van der Waals surface area (Å²) in [5.41, 5.74) is 6.36. The average Bonchev–Trinajstić information content (AvgIpc) is 2.37. The predicted octanol–water partition coefficient (Wildman–Crippen LogP) is 1.70. The van der Waals surface area contributed by atoms with Gasteiger partial charge in [0.2, 0.25) is 5.91 Å². The van der Waals surface area contributed by atoms with Crippen molar-refractivity contribution in [2.24, 2.45) is 11.7 Å². The van der Waals surface area contributed by atoms with Gasteiger partial charge in [-0.2, -0.15) is 0 Å². The zero-order chi connectivity index (χ0) is 13.7. The van der Waals surface area contributed by atoms with Crippen molar-refractivity contribution in [2.75, 3.05) is 5.32 Å². The second-order valence-electron chi connectivity index (χ2n) is 4.29. The lowest BCUT2D eigenvalue weighted by molar-refractivity contribution is -0.118. The van der Waals surface area contributed by atoms with E-state index in [1.54, 1.807) is 12.1 Å². The van der Waals surface area contributed by atoms with E-state index in [9.17, 15) is 9.59 Å². The molecule has 5 nitrogen and oxygen atoms in total. The van der Waals surface area contributed by atoms with Crippen LogP contribution in [0.3, 0.4) is 0 Å². The lowest BCUT2D eigenvalue weighted by Gasteiger charge is -2.17. The lowest BCUT2D eigenvalue weighted by Crippen LogP contribution is -2.40. The standard InChI is InChI=1S/C13H18N2O3/c1-3-8(2)11(14)12(16)15-10-6-4-5-9(7-10)13(17)18/h4-8,11H,3,14H2,1-2H3,(H,15,16)(H,17,18)/t8-,11-/m0/s1. The minimum absolute atomic E-state index is 0.0765. The molecule has 4 N–H and O–H groups in total. The van der Waals surface area contributed by atoms with Crippen LogP contribution in [0.1, 0.15) is 30.6 Å². The van der Waals surface area contributed by atoms with Gasteiger partial charge in [-0.3, -0.25) is 4.79 Å². The van der Waals surface area contributed by atoms with Crippen molar-refractivity contribution in [3.05, 3.63) is 29.8 Å². The molecule has 5 heteroatoms. The second kappa shape index (κ2) is 6.16. The highest BCUT2D eigenvalue weighted by Crippen LogP contribution is 2.13. The van der Waals surface area contributed by atoms with Crippen LogP contribution in [0.5, 0.6) is 0 Å². The number of carboxylic acids is 1. The van der Waals surface area contributed by atoms with Gasteiger partial charge in [-0.15, -0.1) is 0 Å². The van der Waals surface area contributed by atoms with Gasteiger partial charge in [0.1, 0.15) is 0 Å². The van der Waals surface area contributed by atoms with Crippen molar-refractivity contribution >= 4 is 17.6 Å². The third-order valence-corrected chi connectivity index (χ3v) is 2.94. The fourth-order valence-electron chi connectivity index (χ4n) is 1.47. The fraction of sp³-hybridized carbons (Fsp3) is 0.385. The Kier molecular flexibility index (Phi) is 4.85. The molecule has 0 saturated carbocycles. The average molecular weight is 250 g/mol.